The molecule has 1 aromatic carbocycles. The third kappa shape index (κ3) is 2.06. The molecule has 2 heterocycles. The molecule has 0 bridgehead atoms. The predicted octanol–water partition coefficient (Wildman–Crippen LogP) is 1.95. The molecule has 0 saturated carbocycles. The Hall–Kier alpha value is -0.680. The first kappa shape index (κ1) is 11.8. The van der Waals surface area contributed by atoms with Crippen molar-refractivity contribution in [3.8, 4) is 0 Å². The van der Waals surface area contributed by atoms with Crippen molar-refractivity contribution in [1.29, 1.82) is 0 Å². The Morgan fingerprint density at radius 1 is 1.25 bits per heavy atom. The van der Waals surface area contributed by atoms with Gasteiger partial charge in [-0.3, -0.25) is 0 Å². The third-order valence-corrected chi connectivity index (χ3v) is 3.76. The molecule has 2 N–H and O–H groups in total. The van der Waals surface area contributed by atoms with Crippen LogP contribution in [0.5, 0.6) is 0 Å². The lowest BCUT2D eigenvalue weighted by atomic mass is 10.1. The largest absolute Gasteiger partial charge is 0.314 e. The van der Waals surface area contributed by atoms with Crippen LogP contribution in [-0.2, 0) is 0 Å². The number of nitrogens with zero attached hydrogens (tertiary/aromatic N) is 1. The van der Waals surface area contributed by atoms with Gasteiger partial charge >= 0.3 is 0 Å². The zero-order valence-electron chi connectivity index (χ0n) is 8.77. The van der Waals surface area contributed by atoms with Gasteiger partial charge in [-0.15, -0.1) is 12.4 Å². The smallest absolute Gasteiger partial charge is 0.0844 e. The van der Waals surface area contributed by atoms with Crippen molar-refractivity contribution in [3.05, 3.63) is 29.1 Å². The number of hydrogen-bond donors (Lipinski definition) is 2. The molecule has 1 atom stereocenters. The molecule has 2 aromatic rings. The summed E-state index contributed by atoms with van der Waals surface area (Å²) in [6, 6.07) is 8.78. The minimum atomic E-state index is 0. The van der Waals surface area contributed by atoms with Gasteiger partial charge in [0.2, 0.25) is 0 Å². The van der Waals surface area contributed by atoms with Crippen LogP contribution in [0, 0.1) is 0 Å². The molecule has 0 spiro atoms. The molecule has 1 saturated heterocycles. The summed E-state index contributed by atoms with van der Waals surface area (Å²) in [5.74, 6) is 0. The number of rotatable bonds is 1. The second-order valence-electron chi connectivity index (χ2n) is 3.77. The van der Waals surface area contributed by atoms with E-state index in [9.17, 15) is 0 Å². The Bertz CT molecular complexity index is 465. The molecule has 5 heteroatoms. The van der Waals surface area contributed by atoms with Crippen LogP contribution < -0.4 is 10.6 Å². The number of hydrogen-bond acceptors (Lipinski definition) is 4. The molecular formula is C11H14ClN3S. The van der Waals surface area contributed by atoms with Gasteiger partial charge in [0.05, 0.1) is 16.4 Å². The van der Waals surface area contributed by atoms with E-state index >= 15 is 0 Å². The van der Waals surface area contributed by atoms with E-state index in [4.69, 9.17) is 0 Å². The quantitative estimate of drug-likeness (QED) is 0.818. The lowest BCUT2D eigenvalue weighted by Gasteiger charge is -2.23. The molecule has 1 aliphatic rings. The summed E-state index contributed by atoms with van der Waals surface area (Å²) in [5, 5.41) is 8.22. The summed E-state index contributed by atoms with van der Waals surface area (Å²) >= 11 is 1.62. The van der Waals surface area contributed by atoms with Crippen molar-refractivity contribution in [2.24, 2.45) is 0 Å². The number of halogens is 1. The molecule has 1 fully saturated rings. The highest BCUT2D eigenvalue weighted by Gasteiger charge is 2.18. The summed E-state index contributed by atoms with van der Waals surface area (Å²) in [4.78, 5) is 1.36. The number of fused-ring (bicyclic) bond motifs is 1. The monoisotopic (exact) mass is 255 g/mol. The average molecular weight is 256 g/mol. The molecule has 16 heavy (non-hydrogen) atoms. The fourth-order valence-corrected chi connectivity index (χ4v) is 2.92. The Morgan fingerprint density at radius 3 is 2.94 bits per heavy atom. The number of benzene rings is 1. The maximum absolute atomic E-state index is 4.47. The molecule has 0 amide bonds. The normalized spacial score (nSPS) is 20.6. The van der Waals surface area contributed by atoms with Crippen molar-refractivity contribution < 1.29 is 0 Å². The highest BCUT2D eigenvalue weighted by Crippen LogP contribution is 2.28. The van der Waals surface area contributed by atoms with Gasteiger partial charge in [-0.1, -0.05) is 18.2 Å². The lowest BCUT2D eigenvalue weighted by molar-refractivity contribution is 0.436. The second-order valence-corrected chi connectivity index (χ2v) is 4.58. The van der Waals surface area contributed by atoms with E-state index in [-0.39, 0.29) is 12.4 Å². The first-order valence-electron chi connectivity index (χ1n) is 5.23. The van der Waals surface area contributed by atoms with Crippen LogP contribution in [-0.4, -0.2) is 24.0 Å². The van der Waals surface area contributed by atoms with E-state index in [1.165, 1.54) is 10.3 Å². The van der Waals surface area contributed by atoms with Gasteiger partial charge in [0.25, 0.3) is 0 Å². The molecular weight excluding hydrogens is 242 g/mol. The molecule has 1 aromatic heterocycles. The highest BCUT2D eigenvalue weighted by molar-refractivity contribution is 7.07. The van der Waals surface area contributed by atoms with Gasteiger partial charge in [0.1, 0.15) is 0 Å². The standard InChI is InChI=1S/C11H13N3S.ClH/c1-2-4-9-8(3-1)11(15-14-9)10-7-12-5-6-13-10;/h1-4,10,12-13H,5-7H2;1H. The summed E-state index contributed by atoms with van der Waals surface area (Å²) in [5.41, 5.74) is 1.12. The van der Waals surface area contributed by atoms with Crippen LogP contribution in [0.4, 0.5) is 0 Å². The van der Waals surface area contributed by atoms with Crippen molar-refractivity contribution in [2.75, 3.05) is 19.6 Å². The summed E-state index contributed by atoms with van der Waals surface area (Å²) in [6.45, 7) is 3.11. The van der Waals surface area contributed by atoms with Gasteiger partial charge in [0, 0.05) is 25.0 Å². The molecule has 3 rings (SSSR count). The van der Waals surface area contributed by atoms with Gasteiger partial charge in [0.15, 0.2) is 0 Å². The first-order valence-corrected chi connectivity index (χ1v) is 6.01. The van der Waals surface area contributed by atoms with E-state index < -0.39 is 0 Å². The zero-order valence-corrected chi connectivity index (χ0v) is 10.4. The van der Waals surface area contributed by atoms with Gasteiger partial charge in [-0.05, 0) is 17.6 Å². The lowest BCUT2D eigenvalue weighted by Crippen LogP contribution is -2.42. The number of piperazine rings is 1. The number of aromatic nitrogens is 1. The Labute approximate surface area is 105 Å². The van der Waals surface area contributed by atoms with Crippen molar-refractivity contribution in [2.45, 2.75) is 6.04 Å². The summed E-state index contributed by atoms with van der Waals surface area (Å²) in [7, 11) is 0. The predicted molar refractivity (Wildman–Crippen MR) is 70.5 cm³/mol. The topological polar surface area (TPSA) is 37.0 Å². The van der Waals surface area contributed by atoms with Crippen LogP contribution in [0.25, 0.3) is 10.9 Å². The average Bonchev–Trinajstić information content (AvgIpc) is 2.74. The van der Waals surface area contributed by atoms with E-state index in [0.29, 0.717) is 6.04 Å². The van der Waals surface area contributed by atoms with Crippen molar-refractivity contribution in [3.63, 3.8) is 0 Å². The molecule has 0 radical (unpaired) electrons. The minimum absolute atomic E-state index is 0. The fraction of sp³-hybridized carbons (Fsp3) is 0.364. The van der Waals surface area contributed by atoms with Crippen LogP contribution in [0.3, 0.4) is 0 Å². The SMILES string of the molecule is Cl.c1ccc2c(C3CNCCN3)snc2c1. The van der Waals surface area contributed by atoms with Gasteiger partial charge < -0.3 is 10.6 Å². The minimum Gasteiger partial charge on any atom is -0.314 e. The molecule has 0 aliphatic carbocycles. The molecule has 1 aliphatic heterocycles. The van der Waals surface area contributed by atoms with E-state index in [0.717, 1.165) is 25.2 Å². The van der Waals surface area contributed by atoms with Gasteiger partial charge in [-0.25, -0.2) is 0 Å². The molecule has 1 unspecified atom stereocenters. The Morgan fingerprint density at radius 2 is 2.12 bits per heavy atom. The first-order chi connectivity index (χ1) is 7.45. The zero-order chi connectivity index (χ0) is 10.1. The number of nitrogens with one attached hydrogen (secondary N) is 2. The second kappa shape index (κ2) is 5.10. The third-order valence-electron chi connectivity index (χ3n) is 2.77. The van der Waals surface area contributed by atoms with Crippen molar-refractivity contribution in [1.82, 2.24) is 15.0 Å². The van der Waals surface area contributed by atoms with Crippen LogP contribution in [0.15, 0.2) is 24.3 Å². The molecule has 3 nitrogen and oxygen atoms in total. The van der Waals surface area contributed by atoms with E-state index in [2.05, 4.69) is 33.2 Å². The highest BCUT2D eigenvalue weighted by atomic mass is 35.5. The maximum Gasteiger partial charge on any atom is 0.0844 e. The maximum atomic E-state index is 4.47. The van der Waals surface area contributed by atoms with Crippen LogP contribution in [0.2, 0.25) is 0 Å². The summed E-state index contributed by atoms with van der Waals surface area (Å²) in [6.07, 6.45) is 0. The Balaban J connectivity index is 0.000000963. The van der Waals surface area contributed by atoms with Crippen LogP contribution in [0.1, 0.15) is 10.9 Å². The van der Waals surface area contributed by atoms with Crippen LogP contribution >= 0.6 is 23.9 Å². The van der Waals surface area contributed by atoms with E-state index in [1.807, 2.05) is 6.07 Å². The molecule has 86 valence electrons. The van der Waals surface area contributed by atoms with Crippen molar-refractivity contribution >= 4 is 34.8 Å². The summed E-state index contributed by atoms with van der Waals surface area (Å²) < 4.78 is 4.47. The fourth-order valence-electron chi connectivity index (χ4n) is 2.00. The van der Waals surface area contributed by atoms with Gasteiger partial charge in [-0.2, -0.15) is 4.37 Å². The van der Waals surface area contributed by atoms with E-state index in [1.54, 1.807) is 11.5 Å². The Kier molecular flexibility index (Phi) is 3.76.